The van der Waals surface area contributed by atoms with Gasteiger partial charge in [-0.2, -0.15) is 0 Å². The van der Waals surface area contributed by atoms with Crippen molar-refractivity contribution in [3.8, 4) is 0 Å². The first-order valence-electron chi connectivity index (χ1n) is 4.66. The summed E-state index contributed by atoms with van der Waals surface area (Å²) in [4.78, 5) is 0. The highest BCUT2D eigenvalue weighted by Gasteiger charge is 1.99. The maximum absolute atomic E-state index is 9.00. The predicted octanol–water partition coefficient (Wildman–Crippen LogP) is -1.39. The van der Waals surface area contributed by atoms with Crippen molar-refractivity contribution in [2.24, 2.45) is 0 Å². The van der Waals surface area contributed by atoms with Gasteiger partial charge in [0.25, 0.3) is 0 Å². The van der Waals surface area contributed by atoms with E-state index in [9.17, 15) is 0 Å². The molecule has 3 N–H and O–H groups in total. The Morgan fingerprint density at radius 3 is 3.00 bits per heavy atom. The Labute approximate surface area is 82.6 Å². The van der Waals surface area contributed by atoms with E-state index >= 15 is 0 Å². The molecule has 0 amide bonds. The van der Waals surface area contributed by atoms with Crippen molar-refractivity contribution >= 4 is 0 Å². The van der Waals surface area contributed by atoms with Crippen LogP contribution in [0.25, 0.3) is 0 Å². The molecule has 1 aromatic heterocycles. The molecule has 0 aliphatic rings. The second-order valence-electron chi connectivity index (χ2n) is 3.06. The molecule has 14 heavy (non-hydrogen) atoms. The normalized spacial score (nSPS) is 13.0. The van der Waals surface area contributed by atoms with Crippen molar-refractivity contribution in [2.45, 2.75) is 19.1 Å². The van der Waals surface area contributed by atoms with Crippen LogP contribution in [0.1, 0.15) is 6.42 Å². The third-order valence-corrected chi connectivity index (χ3v) is 1.80. The van der Waals surface area contributed by atoms with E-state index in [1.54, 1.807) is 10.9 Å². The molecule has 80 valence electrons. The third kappa shape index (κ3) is 4.31. The maximum Gasteiger partial charge on any atom is 0.0894 e. The van der Waals surface area contributed by atoms with Gasteiger partial charge in [-0.05, 0) is 13.0 Å². The average Bonchev–Trinajstić information content (AvgIpc) is 2.69. The summed E-state index contributed by atoms with van der Waals surface area (Å²) < 4.78 is 1.75. The van der Waals surface area contributed by atoms with Gasteiger partial charge in [-0.3, -0.25) is 4.68 Å². The minimum absolute atomic E-state index is 0.198. The van der Waals surface area contributed by atoms with Gasteiger partial charge >= 0.3 is 0 Å². The zero-order valence-electron chi connectivity index (χ0n) is 8.00. The summed E-state index contributed by atoms with van der Waals surface area (Å²) in [6, 6.07) is 0. The summed E-state index contributed by atoms with van der Waals surface area (Å²) in [5.74, 6) is 0. The SMILES string of the molecule is OC[C@@H](O)CNCCCn1ccnn1. The Balaban J connectivity index is 1.95. The molecule has 0 aromatic carbocycles. The van der Waals surface area contributed by atoms with E-state index in [1.807, 2.05) is 6.20 Å². The second-order valence-corrected chi connectivity index (χ2v) is 3.06. The Morgan fingerprint density at radius 1 is 1.50 bits per heavy atom. The van der Waals surface area contributed by atoms with Crippen molar-refractivity contribution in [3.05, 3.63) is 12.4 Å². The fourth-order valence-corrected chi connectivity index (χ4v) is 1.05. The van der Waals surface area contributed by atoms with Crippen LogP contribution >= 0.6 is 0 Å². The minimum atomic E-state index is -0.665. The van der Waals surface area contributed by atoms with E-state index in [2.05, 4.69) is 15.6 Å². The number of aliphatic hydroxyl groups is 2. The third-order valence-electron chi connectivity index (χ3n) is 1.80. The number of nitrogens with one attached hydrogen (secondary N) is 1. The number of nitrogens with zero attached hydrogens (tertiary/aromatic N) is 3. The minimum Gasteiger partial charge on any atom is -0.394 e. The van der Waals surface area contributed by atoms with Crippen LogP contribution in [-0.2, 0) is 6.54 Å². The van der Waals surface area contributed by atoms with Crippen molar-refractivity contribution in [3.63, 3.8) is 0 Å². The van der Waals surface area contributed by atoms with Gasteiger partial charge in [0.2, 0.25) is 0 Å². The molecule has 1 rings (SSSR count). The first-order valence-corrected chi connectivity index (χ1v) is 4.66. The fourth-order valence-electron chi connectivity index (χ4n) is 1.05. The molecule has 0 aliphatic heterocycles. The first-order chi connectivity index (χ1) is 6.83. The lowest BCUT2D eigenvalue weighted by Gasteiger charge is -2.08. The van der Waals surface area contributed by atoms with Gasteiger partial charge in [-0.25, -0.2) is 0 Å². The number of aliphatic hydroxyl groups excluding tert-OH is 2. The lowest BCUT2D eigenvalue weighted by atomic mass is 10.3. The van der Waals surface area contributed by atoms with E-state index in [-0.39, 0.29) is 6.61 Å². The van der Waals surface area contributed by atoms with Crippen LogP contribution in [0.15, 0.2) is 12.4 Å². The molecule has 6 heteroatoms. The largest absolute Gasteiger partial charge is 0.394 e. The van der Waals surface area contributed by atoms with E-state index in [0.29, 0.717) is 6.54 Å². The van der Waals surface area contributed by atoms with Crippen LogP contribution in [0.3, 0.4) is 0 Å². The zero-order chi connectivity index (χ0) is 10.2. The smallest absolute Gasteiger partial charge is 0.0894 e. The van der Waals surface area contributed by atoms with Crippen molar-refractivity contribution in [1.29, 1.82) is 0 Å². The summed E-state index contributed by atoms with van der Waals surface area (Å²) in [6.07, 6.45) is 3.70. The molecule has 0 spiro atoms. The van der Waals surface area contributed by atoms with Gasteiger partial charge in [0.15, 0.2) is 0 Å². The molecular formula is C8H16N4O2. The lowest BCUT2D eigenvalue weighted by Crippen LogP contribution is -2.30. The topological polar surface area (TPSA) is 83.2 Å². The lowest BCUT2D eigenvalue weighted by molar-refractivity contribution is 0.0945. The van der Waals surface area contributed by atoms with Gasteiger partial charge in [0.05, 0.1) is 18.9 Å². The fraction of sp³-hybridized carbons (Fsp3) is 0.750. The summed E-state index contributed by atoms with van der Waals surface area (Å²) in [5.41, 5.74) is 0. The molecule has 0 fully saturated rings. The van der Waals surface area contributed by atoms with Gasteiger partial charge in [-0.1, -0.05) is 5.21 Å². The van der Waals surface area contributed by atoms with Gasteiger partial charge in [0.1, 0.15) is 0 Å². The molecule has 0 bridgehead atoms. The van der Waals surface area contributed by atoms with Crippen LogP contribution in [0, 0.1) is 0 Å². The standard InChI is InChI=1S/C8H16N4O2/c13-7-8(14)6-9-2-1-4-12-5-3-10-11-12/h3,5,8-9,13-14H,1-2,4,6-7H2/t8-/m0/s1. The van der Waals surface area contributed by atoms with Crippen molar-refractivity contribution in [1.82, 2.24) is 20.3 Å². The van der Waals surface area contributed by atoms with Crippen LogP contribution in [0.5, 0.6) is 0 Å². The quantitative estimate of drug-likeness (QED) is 0.472. The molecule has 0 saturated carbocycles. The Kier molecular flexibility index (Phi) is 5.13. The molecule has 1 heterocycles. The Hall–Kier alpha value is -0.980. The molecule has 0 radical (unpaired) electrons. The molecule has 0 saturated heterocycles. The highest BCUT2D eigenvalue weighted by molar-refractivity contribution is 4.64. The maximum atomic E-state index is 9.00. The molecule has 0 aliphatic carbocycles. The summed E-state index contributed by atoms with van der Waals surface area (Å²) in [7, 11) is 0. The molecule has 1 aromatic rings. The van der Waals surface area contributed by atoms with Gasteiger partial charge in [-0.15, -0.1) is 5.10 Å². The highest BCUT2D eigenvalue weighted by Crippen LogP contribution is 1.86. The van der Waals surface area contributed by atoms with E-state index < -0.39 is 6.10 Å². The van der Waals surface area contributed by atoms with Crippen LogP contribution in [0.4, 0.5) is 0 Å². The Bertz CT molecular complexity index is 227. The number of hydrogen-bond donors (Lipinski definition) is 3. The van der Waals surface area contributed by atoms with Crippen LogP contribution in [0.2, 0.25) is 0 Å². The molecule has 0 unspecified atom stereocenters. The van der Waals surface area contributed by atoms with E-state index in [1.165, 1.54) is 0 Å². The summed E-state index contributed by atoms with van der Waals surface area (Å²) in [5, 5.41) is 28.1. The number of aromatic nitrogens is 3. The monoisotopic (exact) mass is 200 g/mol. The number of aryl methyl sites for hydroxylation is 1. The average molecular weight is 200 g/mol. The van der Waals surface area contributed by atoms with Crippen molar-refractivity contribution in [2.75, 3.05) is 19.7 Å². The first kappa shape index (κ1) is 11.1. The zero-order valence-corrected chi connectivity index (χ0v) is 8.00. The molecule has 6 nitrogen and oxygen atoms in total. The van der Waals surface area contributed by atoms with Crippen LogP contribution in [-0.4, -0.2) is 51.0 Å². The van der Waals surface area contributed by atoms with Gasteiger partial charge < -0.3 is 15.5 Å². The molecule has 1 atom stereocenters. The summed E-state index contributed by atoms with van der Waals surface area (Å²) in [6.45, 7) is 1.82. The second kappa shape index (κ2) is 6.47. The van der Waals surface area contributed by atoms with Crippen LogP contribution < -0.4 is 5.32 Å². The highest BCUT2D eigenvalue weighted by atomic mass is 16.3. The van der Waals surface area contributed by atoms with Gasteiger partial charge in [0, 0.05) is 19.3 Å². The van der Waals surface area contributed by atoms with Crippen molar-refractivity contribution < 1.29 is 10.2 Å². The number of hydrogen-bond acceptors (Lipinski definition) is 5. The Morgan fingerprint density at radius 2 is 2.36 bits per heavy atom. The van der Waals surface area contributed by atoms with E-state index in [0.717, 1.165) is 19.5 Å². The number of rotatable bonds is 7. The predicted molar refractivity (Wildman–Crippen MR) is 50.6 cm³/mol. The summed E-state index contributed by atoms with van der Waals surface area (Å²) >= 11 is 0. The van der Waals surface area contributed by atoms with E-state index in [4.69, 9.17) is 10.2 Å². The molecular weight excluding hydrogens is 184 g/mol.